The lowest BCUT2D eigenvalue weighted by molar-refractivity contribution is 0.0756. The number of hydrogen-bond donors (Lipinski definition) is 1. The van der Waals surface area contributed by atoms with Gasteiger partial charge in [-0.3, -0.25) is 9.80 Å². The smallest absolute Gasteiger partial charge is 0.0916 e. The van der Waals surface area contributed by atoms with Crippen molar-refractivity contribution in [2.45, 2.75) is 13.0 Å². The van der Waals surface area contributed by atoms with Gasteiger partial charge in [-0.1, -0.05) is 42.5 Å². The van der Waals surface area contributed by atoms with Crippen molar-refractivity contribution in [1.29, 1.82) is 0 Å². The molecule has 0 spiro atoms. The van der Waals surface area contributed by atoms with Crippen molar-refractivity contribution in [3.05, 3.63) is 48.0 Å². The van der Waals surface area contributed by atoms with E-state index in [0.717, 1.165) is 44.8 Å². The quantitative estimate of drug-likeness (QED) is 0.819. The van der Waals surface area contributed by atoms with E-state index < -0.39 is 0 Å². The first kappa shape index (κ1) is 14.3. The van der Waals surface area contributed by atoms with Gasteiger partial charge >= 0.3 is 0 Å². The summed E-state index contributed by atoms with van der Waals surface area (Å²) in [7, 11) is 0. The Morgan fingerprint density at radius 3 is 2.32 bits per heavy atom. The minimum Gasteiger partial charge on any atom is -0.387 e. The molecule has 3 nitrogen and oxygen atoms in total. The van der Waals surface area contributed by atoms with Crippen molar-refractivity contribution < 1.29 is 5.11 Å². The van der Waals surface area contributed by atoms with Crippen LogP contribution in [0.1, 0.15) is 18.6 Å². The SMILES string of the molecule is C=C(C)CN1CCN(C[C@H](O)c2ccccc2)CC1. The summed E-state index contributed by atoms with van der Waals surface area (Å²) in [4.78, 5) is 4.76. The fraction of sp³-hybridized carbons (Fsp3) is 0.500. The van der Waals surface area contributed by atoms with Crippen molar-refractivity contribution >= 4 is 0 Å². The van der Waals surface area contributed by atoms with Gasteiger partial charge in [-0.05, 0) is 12.5 Å². The Morgan fingerprint density at radius 1 is 1.16 bits per heavy atom. The second-order valence-corrected chi connectivity index (χ2v) is 5.46. The second-order valence-electron chi connectivity index (χ2n) is 5.46. The van der Waals surface area contributed by atoms with Crippen LogP contribution in [0.25, 0.3) is 0 Å². The first-order valence-electron chi connectivity index (χ1n) is 6.97. The zero-order valence-electron chi connectivity index (χ0n) is 11.8. The van der Waals surface area contributed by atoms with Crippen LogP contribution in [0.5, 0.6) is 0 Å². The Morgan fingerprint density at radius 2 is 1.74 bits per heavy atom. The van der Waals surface area contributed by atoms with E-state index in [0.29, 0.717) is 0 Å². The van der Waals surface area contributed by atoms with Crippen LogP contribution < -0.4 is 0 Å². The minimum absolute atomic E-state index is 0.381. The largest absolute Gasteiger partial charge is 0.387 e. The van der Waals surface area contributed by atoms with E-state index in [1.54, 1.807) is 0 Å². The maximum Gasteiger partial charge on any atom is 0.0916 e. The molecule has 0 amide bonds. The van der Waals surface area contributed by atoms with Gasteiger partial charge in [-0.2, -0.15) is 0 Å². The molecule has 0 bridgehead atoms. The highest BCUT2D eigenvalue weighted by molar-refractivity contribution is 5.17. The zero-order valence-corrected chi connectivity index (χ0v) is 11.8. The summed E-state index contributed by atoms with van der Waals surface area (Å²) in [6.07, 6.45) is -0.381. The van der Waals surface area contributed by atoms with Gasteiger partial charge < -0.3 is 5.11 Å². The van der Waals surface area contributed by atoms with E-state index >= 15 is 0 Å². The van der Waals surface area contributed by atoms with E-state index in [1.165, 1.54) is 5.57 Å². The van der Waals surface area contributed by atoms with Gasteiger partial charge in [0.25, 0.3) is 0 Å². The van der Waals surface area contributed by atoms with Gasteiger partial charge in [0.15, 0.2) is 0 Å². The topological polar surface area (TPSA) is 26.7 Å². The van der Waals surface area contributed by atoms with Crippen molar-refractivity contribution in [2.75, 3.05) is 39.3 Å². The molecule has 1 atom stereocenters. The molecule has 0 aromatic heterocycles. The Kier molecular flexibility index (Phi) is 5.14. The van der Waals surface area contributed by atoms with Crippen LogP contribution in [0, 0.1) is 0 Å². The van der Waals surface area contributed by atoms with Crippen molar-refractivity contribution in [3.63, 3.8) is 0 Å². The molecule has 0 unspecified atom stereocenters. The summed E-state index contributed by atoms with van der Waals surface area (Å²) in [6.45, 7) is 11.9. The van der Waals surface area contributed by atoms with E-state index in [1.807, 2.05) is 30.3 Å². The Balaban J connectivity index is 1.78. The molecular formula is C16H24N2O. The highest BCUT2D eigenvalue weighted by atomic mass is 16.3. The predicted octanol–water partition coefficient (Wildman–Crippen LogP) is 1.91. The standard InChI is InChI=1S/C16H24N2O/c1-14(2)12-17-8-10-18(11-9-17)13-16(19)15-6-4-3-5-7-15/h3-7,16,19H,1,8-13H2,2H3/t16-/m0/s1. The van der Waals surface area contributed by atoms with Crippen LogP contribution >= 0.6 is 0 Å². The third-order valence-corrected chi connectivity index (χ3v) is 3.57. The van der Waals surface area contributed by atoms with Crippen LogP contribution in [0.3, 0.4) is 0 Å². The van der Waals surface area contributed by atoms with E-state index in [4.69, 9.17) is 0 Å². The van der Waals surface area contributed by atoms with Crippen molar-refractivity contribution in [3.8, 4) is 0 Å². The lowest BCUT2D eigenvalue weighted by atomic mass is 10.1. The van der Waals surface area contributed by atoms with E-state index in [2.05, 4.69) is 23.3 Å². The van der Waals surface area contributed by atoms with Crippen LogP contribution in [-0.4, -0.2) is 54.2 Å². The molecule has 1 aromatic rings. The summed E-state index contributed by atoms with van der Waals surface area (Å²) in [6, 6.07) is 9.91. The van der Waals surface area contributed by atoms with Crippen molar-refractivity contribution in [1.82, 2.24) is 9.80 Å². The van der Waals surface area contributed by atoms with Gasteiger partial charge in [-0.25, -0.2) is 0 Å². The number of hydrogen-bond acceptors (Lipinski definition) is 3. The lowest BCUT2D eigenvalue weighted by Gasteiger charge is -2.35. The minimum atomic E-state index is -0.381. The third-order valence-electron chi connectivity index (χ3n) is 3.57. The molecule has 3 heteroatoms. The molecule has 1 saturated heterocycles. The number of nitrogens with zero attached hydrogens (tertiary/aromatic N) is 2. The second kappa shape index (κ2) is 6.85. The molecule has 0 saturated carbocycles. The predicted molar refractivity (Wildman–Crippen MR) is 79.1 cm³/mol. The first-order chi connectivity index (χ1) is 9.15. The molecular weight excluding hydrogens is 236 g/mol. The van der Waals surface area contributed by atoms with Crippen LogP contribution in [0.15, 0.2) is 42.5 Å². The summed E-state index contributed by atoms with van der Waals surface area (Å²) < 4.78 is 0. The normalized spacial score (nSPS) is 19.3. The molecule has 104 valence electrons. The third kappa shape index (κ3) is 4.46. The number of rotatable bonds is 5. The molecule has 2 rings (SSSR count). The molecule has 1 aliphatic rings. The van der Waals surface area contributed by atoms with Gasteiger partial charge in [0.1, 0.15) is 0 Å². The van der Waals surface area contributed by atoms with Gasteiger partial charge in [0.2, 0.25) is 0 Å². The van der Waals surface area contributed by atoms with Crippen molar-refractivity contribution in [2.24, 2.45) is 0 Å². The number of aliphatic hydroxyl groups is 1. The summed E-state index contributed by atoms with van der Waals surface area (Å²) >= 11 is 0. The van der Waals surface area contributed by atoms with Gasteiger partial charge in [0.05, 0.1) is 6.10 Å². The van der Waals surface area contributed by atoms with Gasteiger partial charge in [-0.15, -0.1) is 0 Å². The fourth-order valence-electron chi connectivity index (χ4n) is 2.54. The number of aliphatic hydroxyl groups excluding tert-OH is 1. The average Bonchev–Trinajstić information content (AvgIpc) is 2.41. The van der Waals surface area contributed by atoms with Gasteiger partial charge in [0, 0.05) is 39.3 Å². The average molecular weight is 260 g/mol. The molecule has 0 aliphatic carbocycles. The lowest BCUT2D eigenvalue weighted by Crippen LogP contribution is -2.47. The first-order valence-corrected chi connectivity index (χ1v) is 6.97. The number of piperazine rings is 1. The monoisotopic (exact) mass is 260 g/mol. The molecule has 19 heavy (non-hydrogen) atoms. The molecule has 1 fully saturated rings. The summed E-state index contributed by atoms with van der Waals surface area (Å²) in [5.41, 5.74) is 2.23. The zero-order chi connectivity index (χ0) is 13.7. The Bertz CT molecular complexity index is 396. The van der Waals surface area contributed by atoms with Crippen LogP contribution in [0.4, 0.5) is 0 Å². The maximum atomic E-state index is 10.2. The van der Waals surface area contributed by atoms with Crippen LogP contribution in [0.2, 0.25) is 0 Å². The highest BCUT2D eigenvalue weighted by Gasteiger charge is 2.19. The molecule has 1 aromatic carbocycles. The highest BCUT2D eigenvalue weighted by Crippen LogP contribution is 2.15. The van der Waals surface area contributed by atoms with E-state index in [-0.39, 0.29) is 6.10 Å². The molecule has 1 N–H and O–H groups in total. The number of β-amino-alcohol motifs (C(OH)–C–C–N with tert-alkyl or cyclic N) is 1. The van der Waals surface area contributed by atoms with E-state index in [9.17, 15) is 5.11 Å². The number of benzene rings is 1. The fourth-order valence-corrected chi connectivity index (χ4v) is 2.54. The summed E-state index contributed by atoms with van der Waals surface area (Å²) in [5.74, 6) is 0. The summed E-state index contributed by atoms with van der Waals surface area (Å²) in [5, 5.41) is 10.2. The molecule has 0 radical (unpaired) electrons. The maximum absolute atomic E-state index is 10.2. The Hall–Kier alpha value is -1.16. The Labute approximate surface area is 116 Å². The molecule has 1 heterocycles. The molecule has 1 aliphatic heterocycles. The van der Waals surface area contributed by atoms with Crippen LogP contribution in [-0.2, 0) is 0 Å².